The Bertz CT molecular complexity index is 787. The Hall–Kier alpha value is -2.25. The maximum atomic E-state index is 12.5. The molecule has 0 aromatic heterocycles. The topological polar surface area (TPSA) is 73.9 Å². The molecule has 2 aromatic rings. The van der Waals surface area contributed by atoms with Crippen molar-refractivity contribution in [2.45, 2.75) is 17.9 Å². The number of nitrogens with one attached hydrogen (secondary N) is 1. The number of rotatable bonds is 7. The highest BCUT2D eigenvalue weighted by atomic mass is 32.2. The van der Waals surface area contributed by atoms with Gasteiger partial charge in [-0.3, -0.25) is 0 Å². The van der Waals surface area contributed by atoms with E-state index in [-0.39, 0.29) is 4.90 Å². The Labute approximate surface area is 142 Å². The lowest BCUT2D eigenvalue weighted by molar-refractivity contribution is 0.395. The third kappa shape index (κ3) is 3.98. The maximum absolute atomic E-state index is 12.5. The van der Waals surface area contributed by atoms with Crippen LogP contribution in [-0.2, 0) is 10.0 Å². The molecule has 0 amide bonds. The van der Waals surface area contributed by atoms with Crippen LogP contribution in [0.15, 0.2) is 47.4 Å². The number of hydrogen-bond acceptors (Lipinski definition) is 5. The lowest BCUT2D eigenvalue weighted by Crippen LogP contribution is -2.27. The summed E-state index contributed by atoms with van der Waals surface area (Å²) in [6, 6.07) is 10.9. The highest BCUT2D eigenvalue weighted by molar-refractivity contribution is 7.89. The maximum Gasteiger partial charge on any atom is 0.241 e. The van der Waals surface area contributed by atoms with Crippen molar-refractivity contribution in [3.05, 3.63) is 48.0 Å². The number of ether oxygens (including phenoxy) is 3. The third-order valence-electron chi connectivity index (χ3n) is 3.61. The minimum absolute atomic E-state index is 0.164. The van der Waals surface area contributed by atoms with Gasteiger partial charge >= 0.3 is 0 Å². The summed E-state index contributed by atoms with van der Waals surface area (Å²) < 4.78 is 43.3. The third-order valence-corrected chi connectivity index (χ3v) is 5.16. The van der Waals surface area contributed by atoms with E-state index >= 15 is 0 Å². The molecule has 0 spiro atoms. The first-order valence-electron chi connectivity index (χ1n) is 7.29. The second kappa shape index (κ2) is 7.55. The predicted molar refractivity (Wildman–Crippen MR) is 91.3 cm³/mol. The lowest BCUT2D eigenvalue weighted by Gasteiger charge is -2.18. The number of methoxy groups -OCH3 is 3. The summed E-state index contributed by atoms with van der Waals surface area (Å²) in [5, 5.41) is 0. The van der Waals surface area contributed by atoms with Gasteiger partial charge in [0.25, 0.3) is 0 Å². The quantitative estimate of drug-likeness (QED) is 0.830. The van der Waals surface area contributed by atoms with Crippen molar-refractivity contribution in [1.29, 1.82) is 0 Å². The molecule has 0 saturated heterocycles. The predicted octanol–water partition coefficient (Wildman–Crippen LogP) is 2.75. The number of hydrogen-bond donors (Lipinski definition) is 1. The van der Waals surface area contributed by atoms with Crippen molar-refractivity contribution in [1.82, 2.24) is 4.72 Å². The summed E-state index contributed by atoms with van der Waals surface area (Å²) in [6.07, 6.45) is 0. The highest BCUT2D eigenvalue weighted by Crippen LogP contribution is 2.30. The zero-order valence-corrected chi connectivity index (χ0v) is 14.9. The fraction of sp³-hybridized carbons (Fsp3) is 0.294. The Kier molecular flexibility index (Phi) is 5.69. The van der Waals surface area contributed by atoms with Gasteiger partial charge in [-0.1, -0.05) is 0 Å². The van der Waals surface area contributed by atoms with E-state index in [4.69, 9.17) is 14.2 Å². The average molecular weight is 351 g/mol. The molecule has 0 aliphatic heterocycles. The molecule has 1 atom stereocenters. The van der Waals surface area contributed by atoms with Gasteiger partial charge in [0.2, 0.25) is 10.0 Å². The van der Waals surface area contributed by atoms with E-state index in [1.165, 1.54) is 26.4 Å². The first kappa shape index (κ1) is 18.1. The second-order valence-corrected chi connectivity index (χ2v) is 6.84. The number of benzene rings is 2. The van der Waals surface area contributed by atoms with Crippen LogP contribution in [0.2, 0.25) is 0 Å². The number of sulfonamides is 1. The van der Waals surface area contributed by atoms with E-state index in [0.29, 0.717) is 22.8 Å². The van der Waals surface area contributed by atoms with Gasteiger partial charge in [-0.25, -0.2) is 13.1 Å². The Balaban J connectivity index is 2.28. The van der Waals surface area contributed by atoms with E-state index < -0.39 is 16.1 Å². The standard InChI is InChI=1S/C17H21NO5S/c1-12(16-11-14(22-3)7-10-17(16)23-4)18-24(19,20)15-8-5-13(21-2)6-9-15/h5-12,18H,1-4H3/t12-/m0/s1. The van der Waals surface area contributed by atoms with Crippen molar-refractivity contribution >= 4 is 10.0 Å². The van der Waals surface area contributed by atoms with Gasteiger partial charge in [0.1, 0.15) is 17.2 Å². The fourth-order valence-electron chi connectivity index (χ4n) is 2.30. The largest absolute Gasteiger partial charge is 0.497 e. The Morgan fingerprint density at radius 2 is 1.46 bits per heavy atom. The molecular weight excluding hydrogens is 330 g/mol. The Morgan fingerprint density at radius 1 is 0.875 bits per heavy atom. The van der Waals surface area contributed by atoms with Gasteiger partial charge in [0.05, 0.1) is 26.2 Å². The second-order valence-electron chi connectivity index (χ2n) is 5.13. The van der Waals surface area contributed by atoms with Crippen LogP contribution in [0.4, 0.5) is 0 Å². The minimum atomic E-state index is -3.68. The van der Waals surface area contributed by atoms with Crippen molar-refractivity contribution in [2.75, 3.05) is 21.3 Å². The van der Waals surface area contributed by atoms with Crippen LogP contribution in [0.5, 0.6) is 17.2 Å². The molecule has 6 nitrogen and oxygen atoms in total. The van der Waals surface area contributed by atoms with Gasteiger partial charge in [-0.15, -0.1) is 0 Å². The first-order valence-corrected chi connectivity index (χ1v) is 8.78. The van der Waals surface area contributed by atoms with Gasteiger partial charge in [0.15, 0.2) is 0 Å². The smallest absolute Gasteiger partial charge is 0.241 e. The van der Waals surface area contributed by atoms with Crippen molar-refractivity contribution in [3.63, 3.8) is 0 Å². The van der Waals surface area contributed by atoms with E-state index in [9.17, 15) is 8.42 Å². The van der Waals surface area contributed by atoms with Gasteiger partial charge in [0, 0.05) is 11.6 Å². The van der Waals surface area contributed by atoms with E-state index in [1.807, 2.05) is 0 Å². The van der Waals surface area contributed by atoms with Crippen molar-refractivity contribution in [3.8, 4) is 17.2 Å². The molecular formula is C17H21NO5S. The van der Waals surface area contributed by atoms with E-state index in [2.05, 4.69) is 4.72 Å². The van der Waals surface area contributed by atoms with Gasteiger partial charge < -0.3 is 14.2 Å². The molecule has 24 heavy (non-hydrogen) atoms. The summed E-state index contributed by atoms with van der Waals surface area (Å²) in [7, 11) is 0.939. The summed E-state index contributed by atoms with van der Waals surface area (Å²) in [5.41, 5.74) is 0.689. The van der Waals surface area contributed by atoms with Crippen molar-refractivity contribution < 1.29 is 22.6 Å². The van der Waals surface area contributed by atoms with Crippen LogP contribution in [0, 0.1) is 0 Å². The molecule has 0 heterocycles. The summed E-state index contributed by atoms with van der Waals surface area (Å²) >= 11 is 0. The molecule has 1 N–H and O–H groups in total. The van der Waals surface area contributed by atoms with E-state index in [0.717, 1.165) is 0 Å². The molecule has 0 fully saturated rings. The van der Waals surface area contributed by atoms with Crippen LogP contribution in [0.25, 0.3) is 0 Å². The Morgan fingerprint density at radius 3 is 2.00 bits per heavy atom. The van der Waals surface area contributed by atoms with Crippen molar-refractivity contribution in [2.24, 2.45) is 0 Å². The van der Waals surface area contributed by atoms with Crippen LogP contribution < -0.4 is 18.9 Å². The first-order chi connectivity index (χ1) is 11.4. The van der Waals surface area contributed by atoms with Gasteiger partial charge in [-0.2, -0.15) is 0 Å². The molecule has 2 aromatic carbocycles. The normalized spacial score (nSPS) is 12.5. The fourth-order valence-corrected chi connectivity index (χ4v) is 3.52. The van der Waals surface area contributed by atoms with E-state index in [1.54, 1.807) is 44.4 Å². The van der Waals surface area contributed by atoms with Crippen LogP contribution in [0.3, 0.4) is 0 Å². The molecule has 130 valence electrons. The molecule has 7 heteroatoms. The van der Waals surface area contributed by atoms with Gasteiger partial charge in [-0.05, 0) is 49.4 Å². The molecule has 0 unspecified atom stereocenters. The molecule has 0 saturated carbocycles. The zero-order valence-electron chi connectivity index (χ0n) is 14.1. The SMILES string of the molecule is COc1ccc(S(=O)(=O)N[C@@H](C)c2cc(OC)ccc2OC)cc1. The summed E-state index contributed by atoms with van der Waals surface area (Å²) in [6.45, 7) is 1.75. The van der Waals surface area contributed by atoms with Crippen LogP contribution in [-0.4, -0.2) is 29.7 Å². The molecule has 0 aliphatic carbocycles. The molecule has 2 rings (SSSR count). The average Bonchev–Trinajstić information content (AvgIpc) is 2.60. The highest BCUT2D eigenvalue weighted by Gasteiger charge is 2.21. The lowest BCUT2D eigenvalue weighted by atomic mass is 10.1. The minimum Gasteiger partial charge on any atom is -0.497 e. The monoisotopic (exact) mass is 351 g/mol. The molecule has 0 bridgehead atoms. The molecule has 0 aliphatic rings. The summed E-state index contributed by atoms with van der Waals surface area (Å²) in [4.78, 5) is 0.164. The van der Waals surface area contributed by atoms with Crippen LogP contribution in [0.1, 0.15) is 18.5 Å². The summed E-state index contributed by atoms with van der Waals surface area (Å²) in [5.74, 6) is 1.80. The van der Waals surface area contributed by atoms with Crippen LogP contribution >= 0.6 is 0 Å². The molecule has 0 radical (unpaired) electrons. The zero-order chi connectivity index (χ0) is 17.7.